The highest BCUT2D eigenvalue weighted by Gasteiger charge is 2.45. The lowest BCUT2D eigenvalue weighted by Gasteiger charge is -2.42. The van der Waals surface area contributed by atoms with Crippen LogP contribution in [0.4, 0.5) is 0 Å². The third-order valence-electron chi connectivity index (χ3n) is 3.53. The standard InChI is InChI=1S/C15H23NO2/c1-6-18-13(17)12(9-16)15(5)8-11(2)7-14(3,4)10-15/h7,12H,6,8,10H2,1-5H3. The summed E-state index contributed by atoms with van der Waals surface area (Å²) in [7, 11) is 0. The minimum absolute atomic E-state index is 0.0265. The van der Waals surface area contributed by atoms with Gasteiger partial charge < -0.3 is 4.74 Å². The van der Waals surface area contributed by atoms with Gasteiger partial charge in [-0.1, -0.05) is 32.4 Å². The molecule has 0 bridgehead atoms. The molecule has 0 aromatic heterocycles. The van der Waals surface area contributed by atoms with Gasteiger partial charge in [0.25, 0.3) is 0 Å². The van der Waals surface area contributed by atoms with Crippen LogP contribution in [0, 0.1) is 28.1 Å². The molecule has 0 N–H and O–H groups in total. The van der Waals surface area contributed by atoms with E-state index in [2.05, 4.69) is 32.9 Å². The van der Waals surface area contributed by atoms with Crippen molar-refractivity contribution in [2.24, 2.45) is 16.7 Å². The first-order valence-corrected chi connectivity index (χ1v) is 6.49. The molecule has 0 radical (unpaired) electrons. The van der Waals surface area contributed by atoms with E-state index in [9.17, 15) is 10.1 Å². The Balaban J connectivity index is 3.03. The topological polar surface area (TPSA) is 50.1 Å². The predicted molar refractivity (Wildman–Crippen MR) is 70.6 cm³/mol. The third-order valence-corrected chi connectivity index (χ3v) is 3.53. The van der Waals surface area contributed by atoms with E-state index in [1.807, 2.05) is 6.92 Å². The van der Waals surface area contributed by atoms with E-state index in [1.54, 1.807) is 6.92 Å². The Kier molecular flexibility index (Phi) is 4.21. The van der Waals surface area contributed by atoms with Crippen molar-refractivity contribution in [3.8, 4) is 6.07 Å². The molecule has 1 aliphatic carbocycles. The van der Waals surface area contributed by atoms with Crippen LogP contribution in [-0.2, 0) is 9.53 Å². The lowest BCUT2D eigenvalue weighted by Crippen LogP contribution is -2.39. The quantitative estimate of drug-likeness (QED) is 0.568. The maximum atomic E-state index is 11.9. The van der Waals surface area contributed by atoms with Crippen LogP contribution in [0.1, 0.15) is 47.5 Å². The van der Waals surface area contributed by atoms with E-state index in [4.69, 9.17) is 4.74 Å². The Morgan fingerprint density at radius 2 is 2.17 bits per heavy atom. The van der Waals surface area contributed by atoms with Crippen molar-refractivity contribution in [1.29, 1.82) is 5.26 Å². The highest BCUT2D eigenvalue weighted by molar-refractivity contribution is 5.76. The van der Waals surface area contributed by atoms with Crippen LogP contribution in [0.5, 0.6) is 0 Å². The van der Waals surface area contributed by atoms with E-state index in [1.165, 1.54) is 5.57 Å². The lowest BCUT2D eigenvalue weighted by atomic mass is 9.61. The number of allylic oxidation sites excluding steroid dienone is 2. The minimum Gasteiger partial charge on any atom is -0.465 e. The average molecular weight is 249 g/mol. The number of ether oxygens (including phenoxy) is 1. The zero-order chi connectivity index (χ0) is 14.0. The minimum atomic E-state index is -0.680. The van der Waals surface area contributed by atoms with Gasteiger partial charge in [-0.25, -0.2) is 0 Å². The number of nitriles is 1. The largest absolute Gasteiger partial charge is 0.465 e. The van der Waals surface area contributed by atoms with E-state index < -0.39 is 5.92 Å². The predicted octanol–water partition coefficient (Wildman–Crippen LogP) is 3.46. The molecule has 2 unspecified atom stereocenters. The number of carbonyl (C=O) groups excluding carboxylic acids is 1. The molecular formula is C15H23NO2. The molecule has 3 heteroatoms. The maximum Gasteiger partial charge on any atom is 0.323 e. The lowest BCUT2D eigenvalue weighted by molar-refractivity contribution is -0.150. The fraction of sp³-hybridized carbons (Fsp3) is 0.733. The summed E-state index contributed by atoms with van der Waals surface area (Å²) in [4.78, 5) is 11.9. The van der Waals surface area contributed by atoms with Gasteiger partial charge in [0.15, 0.2) is 0 Å². The molecule has 18 heavy (non-hydrogen) atoms. The van der Waals surface area contributed by atoms with Crippen molar-refractivity contribution in [3.63, 3.8) is 0 Å². The van der Waals surface area contributed by atoms with Gasteiger partial charge in [-0.3, -0.25) is 4.79 Å². The molecule has 0 fully saturated rings. The monoisotopic (exact) mass is 249 g/mol. The summed E-state index contributed by atoms with van der Waals surface area (Å²) >= 11 is 0. The maximum absolute atomic E-state index is 11.9. The van der Waals surface area contributed by atoms with Crippen LogP contribution in [0.25, 0.3) is 0 Å². The first-order valence-electron chi connectivity index (χ1n) is 6.49. The van der Waals surface area contributed by atoms with Crippen LogP contribution in [-0.4, -0.2) is 12.6 Å². The van der Waals surface area contributed by atoms with Crippen molar-refractivity contribution >= 4 is 5.97 Å². The smallest absolute Gasteiger partial charge is 0.323 e. The Labute approximate surface area is 110 Å². The first-order chi connectivity index (χ1) is 8.24. The fourth-order valence-electron chi connectivity index (χ4n) is 3.43. The van der Waals surface area contributed by atoms with Crippen molar-refractivity contribution in [2.75, 3.05) is 6.61 Å². The highest BCUT2D eigenvalue weighted by Crippen LogP contribution is 2.49. The van der Waals surface area contributed by atoms with Gasteiger partial charge in [0.1, 0.15) is 5.92 Å². The molecule has 0 aromatic carbocycles. The summed E-state index contributed by atoms with van der Waals surface area (Å²) in [5, 5.41) is 9.33. The third kappa shape index (κ3) is 3.13. The number of rotatable bonds is 3. The van der Waals surface area contributed by atoms with Crippen LogP contribution < -0.4 is 0 Å². The van der Waals surface area contributed by atoms with Crippen molar-refractivity contribution in [1.82, 2.24) is 0 Å². The molecule has 0 saturated carbocycles. The first kappa shape index (κ1) is 14.8. The average Bonchev–Trinajstić information content (AvgIpc) is 2.13. The molecule has 1 rings (SSSR count). The number of hydrogen-bond acceptors (Lipinski definition) is 3. The summed E-state index contributed by atoms with van der Waals surface area (Å²) in [6.45, 7) is 10.5. The Morgan fingerprint density at radius 3 is 2.61 bits per heavy atom. The van der Waals surface area contributed by atoms with Crippen LogP contribution >= 0.6 is 0 Å². The molecule has 0 saturated heterocycles. The van der Waals surface area contributed by atoms with Gasteiger partial charge in [-0.2, -0.15) is 5.26 Å². The highest BCUT2D eigenvalue weighted by atomic mass is 16.5. The van der Waals surface area contributed by atoms with Crippen molar-refractivity contribution in [3.05, 3.63) is 11.6 Å². The van der Waals surface area contributed by atoms with E-state index in [0.29, 0.717) is 6.61 Å². The van der Waals surface area contributed by atoms with Gasteiger partial charge >= 0.3 is 5.97 Å². The second-order valence-corrected chi connectivity index (χ2v) is 6.30. The Bertz CT molecular complexity index is 403. The molecule has 2 atom stereocenters. The molecule has 0 amide bonds. The van der Waals surface area contributed by atoms with E-state index in [0.717, 1.165) is 12.8 Å². The molecule has 100 valence electrons. The Morgan fingerprint density at radius 1 is 1.56 bits per heavy atom. The fourth-order valence-corrected chi connectivity index (χ4v) is 3.43. The zero-order valence-electron chi connectivity index (χ0n) is 12.0. The zero-order valence-corrected chi connectivity index (χ0v) is 12.0. The molecule has 0 spiro atoms. The van der Waals surface area contributed by atoms with E-state index in [-0.39, 0.29) is 16.8 Å². The van der Waals surface area contributed by atoms with Gasteiger partial charge in [-0.05, 0) is 37.5 Å². The van der Waals surface area contributed by atoms with E-state index >= 15 is 0 Å². The summed E-state index contributed by atoms with van der Waals surface area (Å²) in [5.74, 6) is -1.06. The number of hydrogen-bond donors (Lipinski definition) is 0. The van der Waals surface area contributed by atoms with Crippen LogP contribution in [0.2, 0.25) is 0 Å². The molecule has 3 nitrogen and oxygen atoms in total. The van der Waals surface area contributed by atoms with Gasteiger partial charge in [-0.15, -0.1) is 0 Å². The molecular weight excluding hydrogens is 226 g/mol. The molecule has 0 heterocycles. The second kappa shape index (κ2) is 5.14. The van der Waals surface area contributed by atoms with Crippen LogP contribution in [0.3, 0.4) is 0 Å². The SMILES string of the molecule is CCOC(=O)C(C#N)C1(C)CC(C)=CC(C)(C)C1. The summed E-state index contributed by atoms with van der Waals surface area (Å²) in [6.07, 6.45) is 3.86. The molecule has 1 aliphatic rings. The molecule has 0 aliphatic heterocycles. The summed E-state index contributed by atoms with van der Waals surface area (Å²) < 4.78 is 5.04. The van der Waals surface area contributed by atoms with Gasteiger partial charge in [0, 0.05) is 0 Å². The summed E-state index contributed by atoms with van der Waals surface area (Å²) in [6, 6.07) is 2.15. The van der Waals surface area contributed by atoms with Crippen LogP contribution in [0.15, 0.2) is 11.6 Å². The second-order valence-electron chi connectivity index (χ2n) is 6.30. The normalized spacial score (nSPS) is 27.9. The van der Waals surface area contributed by atoms with Crippen molar-refractivity contribution < 1.29 is 9.53 Å². The summed E-state index contributed by atoms with van der Waals surface area (Å²) in [5.41, 5.74) is 0.945. The number of nitrogens with zero attached hydrogens (tertiary/aromatic N) is 1. The molecule has 0 aromatic rings. The number of carbonyl (C=O) groups is 1. The van der Waals surface area contributed by atoms with Gasteiger partial charge in [0.2, 0.25) is 0 Å². The number of esters is 1. The van der Waals surface area contributed by atoms with Gasteiger partial charge in [0.05, 0.1) is 12.7 Å². The van der Waals surface area contributed by atoms with Crippen molar-refractivity contribution in [2.45, 2.75) is 47.5 Å². The Hall–Kier alpha value is -1.30.